The Bertz CT molecular complexity index is 1000. The molecule has 1 aromatic heterocycles. The minimum absolute atomic E-state index is 0.141. The normalized spacial score (nSPS) is 15.5. The summed E-state index contributed by atoms with van der Waals surface area (Å²) in [5.74, 6) is -0.911. The molecule has 0 fully saturated rings. The monoisotopic (exact) mass is 433 g/mol. The number of rotatable bonds is 4. The number of carbonyl (C=O) groups excluding carboxylic acids is 1. The van der Waals surface area contributed by atoms with Crippen LogP contribution in [0, 0.1) is 0 Å². The molecular formula is C17H18F3N3O3S2. The first kappa shape index (κ1) is 20.7. The molecule has 11 heteroatoms. The fraction of sp³-hybridized carbons (Fsp3) is 0.412. The highest BCUT2D eigenvalue weighted by Gasteiger charge is 2.35. The van der Waals surface area contributed by atoms with Crippen molar-refractivity contribution in [3.05, 3.63) is 46.0 Å². The van der Waals surface area contributed by atoms with Crippen LogP contribution in [-0.4, -0.2) is 35.4 Å². The Balaban J connectivity index is 1.81. The predicted octanol–water partition coefficient (Wildman–Crippen LogP) is 3.51. The molecule has 0 radical (unpaired) electrons. The van der Waals surface area contributed by atoms with Crippen molar-refractivity contribution < 1.29 is 26.4 Å². The maximum absolute atomic E-state index is 13.1. The van der Waals surface area contributed by atoms with Crippen LogP contribution in [0.5, 0.6) is 0 Å². The van der Waals surface area contributed by atoms with Gasteiger partial charge in [0.1, 0.15) is 0 Å². The molecule has 1 N–H and O–H groups in total. The van der Waals surface area contributed by atoms with Gasteiger partial charge < -0.3 is 0 Å². The molecule has 1 aliphatic heterocycles. The van der Waals surface area contributed by atoms with Gasteiger partial charge in [-0.15, -0.1) is 11.3 Å². The third kappa shape index (κ3) is 4.06. The summed E-state index contributed by atoms with van der Waals surface area (Å²) in [4.78, 5) is 17.3. The van der Waals surface area contributed by atoms with E-state index >= 15 is 0 Å². The summed E-state index contributed by atoms with van der Waals surface area (Å²) in [5.41, 5.74) is -0.866. The van der Waals surface area contributed by atoms with E-state index in [2.05, 4.69) is 10.3 Å². The number of hydrogen-bond acceptors (Lipinski definition) is 5. The van der Waals surface area contributed by atoms with Crippen molar-refractivity contribution in [2.75, 3.05) is 11.9 Å². The summed E-state index contributed by atoms with van der Waals surface area (Å²) >= 11 is 1.07. The van der Waals surface area contributed by atoms with Gasteiger partial charge in [-0.25, -0.2) is 13.4 Å². The lowest BCUT2D eigenvalue weighted by molar-refractivity contribution is -0.137. The van der Waals surface area contributed by atoms with Crippen LogP contribution >= 0.6 is 11.3 Å². The van der Waals surface area contributed by atoms with Crippen LogP contribution < -0.4 is 5.32 Å². The lowest BCUT2D eigenvalue weighted by Gasteiger charge is -2.26. The van der Waals surface area contributed by atoms with Crippen LogP contribution in [0.3, 0.4) is 0 Å². The number of nitrogens with zero attached hydrogens (tertiary/aromatic N) is 2. The van der Waals surface area contributed by atoms with E-state index < -0.39 is 38.5 Å². The summed E-state index contributed by atoms with van der Waals surface area (Å²) in [6, 6.07) is 4.51. The summed E-state index contributed by atoms with van der Waals surface area (Å²) in [6.45, 7) is 3.62. The van der Waals surface area contributed by atoms with Crippen molar-refractivity contribution in [3.8, 4) is 0 Å². The summed E-state index contributed by atoms with van der Waals surface area (Å²) in [5, 5.41) is 2.00. The number of halogens is 3. The number of carbonyl (C=O) groups is 1. The average molecular weight is 433 g/mol. The van der Waals surface area contributed by atoms with Gasteiger partial charge in [-0.2, -0.15) is 17.5 Å². The number of fused-ring (bicyclic) bond motifs is 1. The minimum Gasteiger partial charge on any atom is -0.298 e. The zero-order valence-corrected chi connectivity index (χ0v) is 16.7. The van der Waals surface area contributed by atoms with Gasteiger partial charge in [0.05, 0.1) is 22.1 Å². The minimum atomic E-state index is -4.65. The molecule has 1 aromatic carbocycles. The lowest BCUT2D eigenvalue weighted by Crippen LogP contribution is -2.39. The Hall–Kier alpha value is -1.98. The van der Waals surface area contributed by atoms with Gasteiger partial charge in [-0.1, -0.05) is 12.1 Å². The number of sulfonamides is 1. The van der Waals surface area contributed by atoms with Crippen molar-refractivity contribution in [1.82, 2.24) is 9.29 Å². The van der Waals surface area contributed by atoms with Crippen LogP contribution in [0.25, 0.3) is 0 Å². The molecule has 1 amide bonds. The largest absolute Gasteiger partial charge is 0.417 e. The highest BCUT2D eigenvalue weighted by Crippen LogP contribution is 2.33. The van der Waals surface area contributed by atoms with Gasteiger partial charge >= 0.3 is 6.18 Å². The lowest BCUT2D eigenvalue weighted by atomic mass is 10.1. The van der Waals surface area contributed by atoms with Gasteiger partial charge in [-0.3, -0.25) is 10.1 Å². The highest BCUT2D eigenvalue weighted by molar-refractivity contribution is 7.89. The molecule has 28 heavy (non-hydrogen) atoms. The number of thiazole rings is 1. The van der Waals surface area contributed by atoms with Crippen LogP contribution in [-0.2, 0) is 29.2 Å². The molecule has 2 heterocycles. The Morgan fingerprint density at radius 1 is 1.29 bits per heavy atom. The van der Waals surface area contributed by atoms with Crippen LogP contribution in [0.4, 0.5) is 18.3 Å². The highest BCUT2D eigenvalue weighted by atomic mass is 32.2. The van der Waals surface area contributed by atoms with Gasteiger partial charge in [-0.05, 0) is 26.0 Å². The first-order valence-electron chi connectivity index (χ1n) is 8.45. The van der Waals surface area contributed by atoms with Crippen molar-refractivity contribution in [2.45, 2.75) is 38.2 Å². The standard InChI is InChI=1S/C17H18F3N3O3S2/c1-10(2)28(25,26)23-8-7-13-14(9-23)27-16(21-13)22-15(24)11-5-3-4-6-12(11)17(18,19)20/h3-6,10H,7-9H2,1-2H3,(H,21,22,24). The predicted molar refractivity (Wildman–Crippen MR) is 99.7 cm³/mol. The van der Waals surface area contributed by atoms with E-state index in [0.717, 1.165) is 23.5 Å². The molecule has 3 rings (SSSR count). The fourth-order valence-electron chi connectivity index (χ4n) is 2.83. The molecule has 2 aromatic rings. The van der Waals surface area contributed by atoms with E-state index in [1.54, 1.807) is 13.8 Å². The second kappa shape index (κ2) is 7.45. The van der Waals surface area contributed by atoms with Gasteiger partial charge in [0, 0.05) is 24.4 Å². The molecule has 0 saturated heterocycles. The topological polar surface area (TPSA) is 79.4 Å². The third-order valence-electron chi connectivity index (χ3n) is 4.35. The maximum Gasteiger partial charge on any atom is 0.417 e. The molecule has 0 saturated carbocycles. The first-order valence-corrected chi connectivity index (χ1v) is 10.8. The fourth-order valence-corrected chi connectivity index (χ4v) is 5.19. The second-order valence-corrected chi connectivity index (χ2v) is 10.1. The molecule has 1 aliphatic rings. The number of aromatic nitrogens is 1. The van der Waals surface area contributed by atoms with Crippen LogP contribution in [0.1, 0.15) is 40.3 Å². The summed E-state index contributed by atoms with van der Waals surface area (Å²) in [6.07, 6.45) is -4.27. The van der Waals surface area contributed by atoms with Crippen LogP contribution in [0.2, 0.25) is 0 Å². The van der Waals surface area contributed by atoms with E-state index in [9.17, 15) is 26.4 Å². The van der Waals surface area contributed by atoms with E-state index in [1.165, 1.54) is 16.4 Å². The smallest absolute Gasteiger partial charge is 0.298 e. The first-order chi connectivity index (χ1) is 13.0. The molecule has 0 aliphatic carbocycles. The zero-order valence-electron chi connectivity index (χ0n) is 15.1. The quantitative estimate of drug-likeness (QED) is 0.800. The molecular weight excluding hydrogens is 415 g/mol. The summed E-state index contributed by atoms with van der Waals surface area (Å²) < 4.78 is 65.3. The van der Waals surface area contributed by atoms with Crippen molar-refractivity contribution in [1.29, 1.82) is 0 Å². The van der Waals surface area contributed by atoms with E-state index in [-0.39, 0.29) is 18.2 Å². The molecule has 0 bridgehead atoms. The molecule has 152 valence electrons. The number of alkyl halides is 3. The van der Waals surface area contributed by atoms with E-state index in [1.807, 2.05) is 0 Å². The van der Waals surface area contributed by atoms with E-state index in [4.69, 9.17) is 0 Å². The number of benzene rings is 1. The zero-order chi connectivity index (χ0) is 20.7. The molecule has 0 unspecified atom stereocenters. The SMILES string of the molecule is CC(C)S(=O)(=O)N1CCc2nc(NC(=O)c3ccccc3C(F)(F)F)sc2C1. The van der Waals surface area contributed by atoms with Crippen molar-refractivity contribution in [2.24, 2.45) is 0 Å². The van der Waals surface area contributed by atoms with Gasteiger partial charge in [0.15, 0.2) is 5.13 Å². The van der Waals surface area contributed by atoms with E-state index in [0.29, 0.717) is 17.0 Å². The van der Waals surface area contributed by atoms with Crippen molar-refractivity contribution >= 4 is 32.4 Å². The molecule has 6 nitrogen and oxygen atoms in total. The Labute approximate surface area is 164 Å². The van der Waals surface area contributed by atoms with Crippen molar-refractivity contribution in [3.63, 3.8) is 0 Å². The second-order valence-electron chi connectivity index (χ2n) is 6.56. The Morgan fingerprint density at radius 3 is 2.61 bits per heavy atom. The molecule has 0 spiro atoms. The number of amides is 1. The maximum atomic E-state index is 13.1. The Morgan fingerprint density at radius 2 is 1.96 bits per heavy atom. The third-order valence-corrected chi connectivity index (χ3v) is 7.57. The number of hydrogen-bond donors (Lipinski definition) is 1. The van der Waals surface area contributed by atoms with Gasteiger partial charge in [0.2, 0.25) is 10.0 Å². The molecule has 0 atom stereocenters. The Kier molecular flexibility index (Phi) is 5.52. The number of anilines is 1. The summed E-state index contributed by atoms with van der Waals surface area (Å²) in [7, 11) is -3.42. The van der Waals surface area contributed by atoms with Crippen LogP contribution in [0.15, 0.2) is 24.3 Å². The number of nitrogens with one attached hydrogen (secondary N) is 1. The van der Waals surface area contributed by atoms with Gasteiger partial charge in [0.25, 0.3) is 5.91 Å². The average Bonchev–Trinajstić information content (AvgIpc) is 3.02.